The second kappa shape index (κ2) is 6.87. The van der Waals surface area contributed by atoms with Crippen LogP contribution in [0, 0.1) is 0 Å². The minimum Gasteiger partial charge on any atom is -0.366 e. The molecule has 0 radical (unpaired) electrons. The van der Waals surface area contributed by atoms with Gasteiger partial charge in [-0.25, -0.2) is 0 Å². The van der Waals surface area contributed by atoms with Crippen LogP contribution in [0.15, 0.2) is 40.9 Å². The first-order valence-corrected chi connectivity index (χ1v) is 8.47. The molecule has 0 aliphatic carbocycles. The summed E-state index contributed by atoms with van der Waals surface area (Å²) >= 11 is 3.01. The van der Waals surface area contributed by atoms with Crippen LogP contribution in [-0.2, 0) is 11.6 Å². The lowest BCUT2D eigenvalue weighted by Crippen LogP contribution is -2.23. The van der Waals surface area contributed by atoms with E-state index in [2.05, 4.69) is 15.9 Å². The van der Waals surface area contributed by atoms with Crippen molar-refractivity contribution in [2.45, 2.75) is 32.4 Å². The Labute approximate surface area is 157 Å². The normalized spacial score (nSPS) is 12.1. The topological polar surface area (TPSA) is 60.2 Å². The molecule has 3 nitrogen and oxygen atoms in total. The van der Waals surface area contributed by atoms with Gasteiger partial charge in [-0.1, -0.05) is 48.8 Å². The maximum atomic E-state index is 13.1. The lowest BCUT2D eigenvalue weighted by atomic mass is 9.79. The van der Waals surface area contributed by atoms with Gasteiger partial charge in [-0.3, -0.25) is 9.59 Å². The average molecular weight is 428 g/mol. The van der Waals surface area contributed by atoms with Gasteiger partial charge in [-0.05, 0) is 35.2 Å². The fourth-order valence-corrected chi connectivity index (χ4v) is 3.15. The molecule has 2 aromatic carbocycles. The van der Waals surface area contributed by atoms with Crippen molar-refractivity contribution < 1.29 is 22.8 Å². The fraction of sp³-hybridized carbons (Fsp3) is 0.263. The maximum Gasteiger partial charge on any atom is 0.416 e. The zero-order chi connectivity index (χ0) is 19.9. The highest BCUT2D eigenvalue weighted by Gasteiger charge is 2.33. The van der Waals surface area contributed by atoms with Gasteiger partial charge in [0.15, 0.2) is 5.78 Å². The molecule has 0 aliphatic rings. The average Bonchev–Trinajstić information content (AvgIpc) is 2.51. The summed E-state index contributed by atoms with van der Waals surface area (Å²) in [5.74, 6) is -1.50. The summed E-state index contributed by atoms with van der Waals surface area (Å²) in [6.07, 6.45) is -4.60. The molecule has 0 unspecified atom stereocenters. The molecule has 26 heavy (non-hydrogen) atoms. The highest BCUT2D eigenvalue weighted by Crippen LogP contribution is 2.34. The van der Waals surface area contributed by atoms with Crippen LogP contribution in [0.4, 0.5) is 13.2 Å². The molecule has 0 bridgehead atoms. The Morgan fingerprint density at radius 3 is 2.15 bits per heavy atom. The summed E-state index contributed by atoms with van der Waals surface area (Å²) in [5.41, 5.74) is 4.29. The third-order valence-electron chi connectivity index (χ3n) is 3.85. The van der Waals surface area contributed by atoms with E-state index in [9.17, 15) is 22.8 Å². The van der Waals surface area contributed by atoms with Gasteiger partial charge in [0, 0.05) is 15.6 Å². The molecule has 0 aromatic heterocycles. The van der Waals surface area contributed by atoms with Crippen LogP contribution in [0.2, 0.25) is 0 Å². The SMILES string of the molecule is CC(C)(C)c1cccc(C(N)=O)c1C(=O)c1cc(Br)cc(C(F)(F)F)c1. The highest BCUT2D eigenvalue weighted by atomic mass is 79.9. The zero-order valence-corrected chi connectivity index (χ0v) is 16.0. The lowest BCUT2D eigenvalue weighted by molar-refractivity contribution is -0.137. The molecule has 0 heterocycles. The number of primary amides is 1. The quantitative estimate of drug-likeness (QED) is 0.692. The number of halogens is 4. The Morgan fingerprint density at radius 1 is 1.04 bits per heavy atom. The lowest BCUT2D eigenvalue weighted by Gasteiger charge is -2.24. The van der Waals surface area contributed by atoms with Crippen LogP contribution in [0.1, 0.15) is 58.2 Å². The van der Waals surface area contributed by atoms with Crippen molar-refractivity contribution in [1.29, 1.82) is 0 Å². The van der Waals surface area contributed by atoms with E-state index in [1.165, 1.54) is 12.1 Å². The largest absolute Gasteiger partial charge is 0.416 e. The Hall–Kier alpha value is -2.15. The van der Waals surface area contributed by atoms with E-state index in [0.717, 1.165) is 12.1 Å². The second-order valence-electron chi connectivity index (χ2n) is 6.90. The predicted molar refractivity (Wildman–Crippen MR) is 96.2 cm³/mol. The smallest absolute Gasteiger partial charge is 0.366 e. The van der Waals surface area contributed by atoms with Crippen molar-refractivity contribution in [2.24, 2.45) is 5.73 Å². The number of amides is 1. The first-order chi connectivity index (χ1) is 11.8. The van der Waals surface area contributed by atoms with E-state index < -0.39 is 28.8 Å². The van der Waals surface area contributed by atoms with Crippen LogP contribution < -0.4 is 5.73 Å². The number of alkyl halides is 3. The van der Waals surface area contributed by atoms with Gasteiger partial charge in [0.05, 0.1) is 11.1 Å². The summed E-state index contributed by atoms with van der Waals surface area (Å²) in [4.78, 5) is 24.9. The van der Waals surface area contributed by atoms with E-state index in [-0.39, 0.29) is 21.2 Å². The van der Waals surface area contributed by atoms with Gasteiger partial charge in [0.2, 0.25) is 5.91 Å². The molecule has 7 heteroatoms. The van der Waals surface area contributed by atoms with Crippen molar-refractivity contribution in [1.82, 2.24) is 0 Å². The van der Waals surface area contributed by atoms with Crippen molar-refractivity contribution >= 4 is 27.6 Å². The molecule has 0 spiro atoms. The third kappa shape index (κ3) is 4.15. The number of nitrogens with two attached hydrogens (primary N) is 1. The minimum atomic E-state index is -4.60. The molecule has 138 valence electrons. The monoisotopic (exact) mass is 427 g/mol. The van der Waals surface area contributed by atoms with Crippen molar-refractivity contribution in [3.05, 3.63) is 68.7 Å². The number of benzene rings is 2. The van der Waals surface area contributed by atoms with E-state index in [1.807, 2.05) is 20.8 Å². The number of carbonyl (C=O) groups excluding carboxylic acids is 2. The minimum absolute atomic E-state index is 0.0176. The Kier molecular flexibility index (Phi) is 5.33. The number of hydrogen-bond donors (Lipinski definition) is 1. The predicted octanol–water partition coefficient (Wildman–Crippen LogP) is 5.10. The summed E-state index contributed by atoms with van der Waals surface area (Å²) < 4.78 is 39.4. The van der Waals surface area contributed by atoms with Gasteiger partial charge in [-0.2, -0.15) is 13.2 Å². The van der Waals surface area contributed by atoms with Crippen LogP contribution in [-0.4, -0.2) is 11.7 Å². The van der Waals surface area contributed by atoms with Gasteiger partial charge < -0.3 is 5.73 Å². The highest BCUT2D eigenvalue weighted by molar-refractivity contribution is 9.10. The summed E-state index contributed by atoms with van der Waals surface area (Å²) in [7, 11) is 0. The Balaban J connectivity index is 2.75. The Morgan fingerprint density at radius 2 is 1.65 bits per heavy atom. The third-order valence-corrected chi connectivity index (χ3v) is 4.31. The Bertz CT molecular complexity index is 883. The first kappa shape index (κ1) is 20.2. The first-order valence-electron chi connectivity index (χ1n) is 7.68. The molecular formula is C19H17BrF3NO2. The number of rotatable bonds is 3. The molecule has 2 N–H and O–H groups in total. The molecule has 0 saturated carbocycles. The molecule has 2 rings (SSSR count). The molecule has 0 saturated heterocycles. The number of hydrogen-bond acceptors (Lipinski definition) is 2. The van der Waals surface area contributed by atoms with Crippen molar-refractivity contribution in [3.8, 4) is 0 Å². The van der Waals surface area contributed by atoms with Gasteiger partial charge in [-0.15, -0.1) is 0 Å². The van der Waals surface area contributed by atoms with E-state index >= 15 is 0 Å². The van der Waals surface area contributed by atoms with E-state index in [1.54, 1.807) is 12.1 Å². The fourth-order valence-electron chi connectivity index (χ4n) is 2.66. The van der Waals surface area contributed by atoms with Gasteiger partial charge >= 0.3 is 6.18 Å². The van der Waals surface area contributed by atoms with Crippen LogP contribution in [0.25, 0.3) is 0 Å². The van der Waals surface area contributed by atoms with Gasteiger partial charge in [0.1, 0.15) is 0 Å². The maximum absolute atomic E-state index is 13.1. The molecule has 2 aromatic rings. The summed E-state index contributed by atoms with van der Waals surface area (Å²) in [6, 6.07) is 7.62. The van der Waals surface area contributed by atoms with Crippen molar-refractivity contribution in [2.75, 3.05) is 0 Å². The molecule has 0 aliphatic heterocycles. The number of ketones is 1. The van der Waals surface area contributed by atoms with E-state index in [4.69, 9.17) is 5.73 Å². The number of carbonyl (C=O) groups is 2. The van der Waals surface area contributed by atoms with Crippen LogP contribution in [0.5, 0.6) is 0 Å². The standard InChI is InChI=1S/C19H17BrF3NO2/c1-18(2,3)14-6-4-5-13(17(24)26)15(14)16(25)10-7-11(19(21,22)23)9-12(20)8-10/h4-9H,1-3H3,(H2,24,26). The van der Waals surface area contributed by atoms with Gasteiger partial charge in [0.25, 0.3) is 0 Å². The summed E-state index contributed by atoms with van der Waals surface area (Å²) in [5, 5.41) is 0. The van der Waals surface area contributed by atoms with Crippen LogP contribution >= 0.6 is 15.9 Å². The van der Waals surface area contributed by atoms with Crippen LogP contribution in [0.3, 0.4) is 0 Å². The molecule has 1 amide bonds. The second-order valence-corrected chi connectivity index (χ2v) is 7.81. The van der Waals surface area contributed by atoms with Crippen molar-refractivity contribution in [3.63, 3.8) is 0 Å². The zero-order valence-electron chi connectivity index (χ0n) is 14.4. The molecular weight excluding hydrogens is 411 g/mol. The van der Waals surface area contributed by atoms with E-state index in [0.29, 0.717) is 5.56 Å². The summed E-state index contributed by atoms with van der Waals surface area (Å²) in [6.45, 7) is 5.52. The molecule has 0 atom stereocenters. The molecule has 0 fully saturated rings.